The van der Waals surface area contributed by atoms with Crippen LogP contribution in [-0.2, 0) is 20.0 Å². The molecule has 0 bridgehead atoms. The quantitative estimate of drug-likeness (QED) is 0.434. The summed E-state index contributed by atoms with van der Waals surface area (Å²) in [6.45, 7) is 4.10. The molecule has 0 aliphatic carbocycles. The zero-order chi connectivity index (χ0) is 23.4. The first-order valence-corrected chi connectivity index (χ1v) is 13.6. The lowest BCUT2D eigenvalue weighted by atomic mass is 10.2. The predicted octanol–water partition coefficient (Wildman–Crippen LogP) is 4.33. The summed E-state index contributed by atoms with van der Waals surface area (Å²) in [5.41, 5.74) is 1.09. The Labute approximate surface area is 193 Å². The molecular weight excluding hydrogens is 470 g/mol. The standard InChI is InChI=1S/C21H25N3O5S3/c1-4-24(5-2)32(27,28)16-12-13-17(22-18-9-6-7-10-20(18)29-3)19(15-16)23-31(25,26)21-11-8-14-30-21/h6-15,22-23H,4-5H2,1-3H3. The zero-order valence-electron chi connectivity index (χ0n) is 17.9. The topological polar surface area (TPSA) is 105 Å². The van der Waals surface area contributed by atoms with Crippen molar-refractivity contribution in [1.82, 2.24) is 4.31 Å². The van der Waals surface area contributed by atoms with Crippen molar-refractivity contribution in [1.29, 1.82) is 0 Å². The highest BCUT2D eigenvalue weighted by atomic mass is 32.2. The first-order chi connectivity index (χ1) is 15.2. The van der Waals surface area contributed by atoms with Gasteiger partial charge in [0.25, 0.3) is 10.0 Å². The van der Waals surface area contributed by atoms with E-state index in [4.69, 9.17) is 4.74 Å². The van der Waals surface area contributed by atoms with Crippen molar-refractivity contribution in [3.05, 3.63) is 60.0 Å². The van der Waals surface area contributed by atoms with Gasteiger partial charge in [0.05, 0.1) is 29.1 Å². The van der Waals surface area contributed by atoms with Gasteiger partial charge >= 0.3 is 0 Å². The number of benzene rings is 2. The Morgan fingerprint density at radius 2 is 1.62 bits per heavy atom. The van der Waals surface area contributed by atoms with E-state index in [9.17, 15) is 16.8 Å². The molecule has 0 unspecified atom stereocenters. The number of hydrogen-bond acceptors (Lipinski definition) is 7. The summed E-state index contributed by atoms with van der Waals surface area (Å²) in [5, 5.41) is 4.80. The van der Waals surface area contributed by atoms with Gasteiger partial charge in [-0.15, -0.1) is 11.3 Å². The highest BCUT2D eigenvalue weighted by Crippen LogP contribution is 2.34. The van der Waals surface area contributed by atoms with Crippen molar-refractivity contribution >= 4 is 48.4 Å². The molecule has 8 nitrogen and oxygen atoms in total. The SMILES string of the molecule is CCN(CC)S(=O)(=O)c1ccc(Nc2ccccc2OC)c(NS(=O)(=O)c2cccs2)c1. The molecule has 3 aromatic rings. The van der Waals surface area contributed by atoms with Crippen LogP contribution in [0.2, 0.25) is 0 Å². The molecule has 0 aliphatic heterocycles. The van der Waals surface area contributed by atoms with E-state index in [1.54, 1.807) is 43.5 Å². The lowest BCUT2D eigenvalue weighted by Crippen LogP contribution is -2.30. The Balaban J connectivity index is 2.10. The average molecular weight is 496 g/mol. The molecule has 0 fully saturated rings. The van der Waals surface area contributed by atoms with Crippen LogP contribution in [0.5, 0.6) is 5.75 Å². The van der Waals surface area contributed by atoms with Crippen molar-refractivity contribution in [3.8, 4) is 5.75 Å². The van der Waals surface area contributed by atoms with Gasteiger partial charge in [-0.2, -0.15) is 4.31 Å². The first kappa shape index (κ1) is 24.1. The first-order valence-electron chi connectivity index (χ1n) is 9.83. The summed E-state index contributed by atoms with van der Waals surface area (Å²) in [6, 6.07) is 14.6. The molecule has 2 N–H and O–H groups in total. The molecule has 32 heavy (non-hydrogen) atoms. The van der Waals surface area contributed by atoms with Crippen LogP contribution in [0.4, 0.5) is 17.1 Å². The minimum Gasteiger partial charge on any atom is -0.495 e. The predicted molar refractivity (Wildman–Crippen MR) is 128 cm³/mol. The van der Waals surface area contributed by atoms with E-state index in [1.165, 1.54) is 35.7 Å². The second kappa shape index (κ2) is 9.90. The Bertz CT molecular complexity index is 1270. The maximum absolute atomic E-state index is 13.0. The van der Waals surface area contributed by atoms with Crippen LogP contribution in [0.3, 0.4) is 0 Å². The Hall–Kier alpha value is -2.60. The molecule has 0 radical (unpaired) electrons. The van der Waals surface area contributed by atoms with Crippen LogP contribution in [0, 0.1) is 0 Å². The highest BCUT2D eigenvalue weighted by molar-refractivity contribution is 7.94. The van der Waals surface area contributed by atoms with E-state index < -0.39 is 20.0 Å². The third-order valence-corrected chi connectivity index (χ3v) is 9.52. The van der Waals surface area contributed by atoms with E-state index in [-0.39, 0.29) is 14.8 Å². The van der Waals surface area contributed by atoms with Crippen molar-refractivity contribution in [2.24, 2.45) is 0 Å². The number of thiophene rings is 1. The Morgan fingerprint density at radius 1 is 0.906 bits per heavy atom. The smallest absolute Gasteiger partial charge is 0.271 e. The number of anilines is 3. The van der Waals surface area contributed by atoms with E-state index in [0.717, 1.165) is 11.3 Å². The molecule has 2 aromatic carbocycles. The fourth-order valence-electron chi connectivity index (χ4n) is 3.09. The molecule has 172 valence electrons. The van der Waals surface area contributed by atoms with Gasteiger partial charge in [0.2, 0.25) is 10.0 Å². The molecule has 1 aromatic heterocycles. The summed E-state index contributed by atoms with van der Waals surface area (Å²) < 4.78 is 61.1. The van der Waals surface area contributed by atoms with Crippen molar-refractivity contribution in [3.63, 3.8) is 0 Å². The van der Waals surface area contributed by atoms with Gasteiger partial charge in [-0.1, -0.05) is 32.0 Å². The number of rotatable bonds is 10. The van der Waals surface area contributed by atoms with Gasteiger partial charge in [0, 0.05) is 13.1 Å². The molecule has 0 saturated carbocycles. The van der Waals surface area contributed by atoms with Crippen molar-refractivity contribution < 1.29 is 21.6 Å². The molecule has 3 rings (SSSR count). The minimum atomic E-state index is -3.91. The van der Waals surface area contributed by atoms with Gasteiger partial charge < -0.3 is 10.1 Å². The summed E-state index contributed by atoms with van der Waals surface area (Å²) in [7, 11) is -6.16. The monoisotopic (exact) mass is 495 g/mol. The number of ether oxygens (including phenoxy) is 1. The summed E-state index contributed by atoms with van der Waals surface area (Å²) in [5.74, 6) is 0.555. The van der Waals surface area contributed by atoms with Crippen molar-refractivity contribution in [2.45, 2.75) is 23.0 Å². The Morgan fingerprint density at radius 3 is 2.25 bits per heavy atom. The molecule has 0 amide bonds. The second-order valence-electron chi connectivity index (χ2n) is 6.66. The van der Waals surface area contributed by atoms with Crippen LogP contribution in [-0.4, -0.2) is 41.3 Å². The third-order valence-electron chi connectivity index (χ3n) is 4.71. The number of nitrogens with zero attached hydrogens (tertiary/aromatic N) is 1. The van der Waals surface area contributed by atoms with Gasteiger partial charge in [-0.3, -0.25) is 4.72 Å². The summed E-state index contributed by atoms with van der Waals surface area (Å²) in [6.07, 6.45) is 0. The van der Waals surface area contributed by atoms with Crippen LogP contribution >= 0.6 is 11.3 Å². The molecule has 0 saturated heterocycles. The number of nitrogens with one attached hydrogen (secondary N) is 2. The van der Waals surface area contributed by atoms with Gasteiger partial charge in [0.15, 0.2) is 0 Å². The second-order valence-corrected chi connectivity index (χ2v) is 11.5. The molecule has 0 spiro atoms. The Kier molecular flexibility index (Phi) is 7.44. The summed E-state index contributed by atoms with van der Waals surface area (Å²) in [4.78, 5) is -0.00402. The molecule has 0 atom stereocenters. The number of methoxy groups -OCH3 is 1. The highest BCUT2D eigenvalue weighted by Gasteiger charge is 2.25. The van der Waals surface area contributed by atoms with Gasteiger partial charge in [-0.25, -0.2) is 16.8 Å². The van der Waals surface area contributed by atoms with Crippen LogP contribution in [0.25, 0.3) is 0 Å². The van der Waals surface area contributed by atoms with Gasteiger partial charge in [-0.05, 0) is 41.8 Å². The maximum atomic E-state index is 13.0. The third kappa shape index (κ3) is 5.07. The van der Waals surface area contributed by atoms with E-state index in [0.29, 0.717) is 30.2 Å². The largest absolute Gasteiger partial charge is 0.495 e. The van der Waals surface area contributed by atoms with Crippen LogP contribution in [0.1, 0.15) is 13.8 Å². The van der Waals surface area contributed by atoms with Crippen molar-refractivity contribution in [2.75, 3.05) is 30.2 Å². The fraction of sp³-hybridized carbons (Fsp3) is 0.238. The van der Waals surface area contributed by atoms with Gasteiger partial charge in [0.1, 0.15) is 9.96 Å². The van der Waals surface area contributed by atoms with E-state index >= 15 is 0 Å². The molecular formula is C21H25N3O5S3. The number of sulfonamides is 2. The average Bonchev–Trinajstić information content (AvgIpc) is 3.32. The van der Waals surface area contributed by atoms with E-state index in [2.05, 4.69) is 10.0 Å². The fourth-order valence-corrected chi connectivity index (χ4v) is 6.64. The molecule has 11 heteroatoms. The maximum Gasteiger partial charge on any atom is 0.271 e. The number of hydrogen-bond donors (Lipinski definition) is 2. The molecule has 1 heterocycles. The summed E-state index contributed by atoms with van der Waals surface area (Å²) >= 11 is 1.07. The normalized spacial score (nSPS) is 12.0. The zero-order valence-corrected chi connectivity index (χ0v) is 20.4. The lowest BCUT2D eigenvalue weighted by Gasteiger charge is -2.21. The number of para-hydroxylation sites is 2. The minimum absolute atomic E-state index is 0.00402. The van der Waals surface area contributed by atoms with Crippen LogP contribution < -0.4 is 14.8 Å². The molecule has 0 aliphatic rings. The lowest BCUT2D eigenvalue weighted by molar-refractivity contribution is 0.417. The van der Waals surface area contributed by atoms with E-state index in [1.807, 2.05) is 6.07 Å². The van der Waals surface area contributed by atoms with Crippen LogP contribution in [0.15, 0.2) is 69.1 Å².